The zero-order chi connectivity index (χ0) is 12.4. The molecule has 1 aromatic heterocycles. The predicted molar refractivity (Wildman–Crippen MR) is 59.3 cm³/mol. The molecule has 1 N–H and O–H groups in total. The maximum atomic E-state index is 13.8. The second kappa shape index (κ2) is 4.65. The van der Waals surface area contributed by atoms with E-state index < -0.39 is 17.7 Å². The lowest BCUT2D eigenvalue weighted by Crippen LogP contribution is -2.39. The van der Waals surface area contributed by atoms with Gasteiger partial charge in [0.05, 0.1) is 11.6 Å². The Morgan fingerprint density at radius 2 is 2.35 bits per heavy atom. The van der Waals surface area contributed by atoms with Gasteiger partial charge in [-0.1, -0.05) is 0 Å². The Hall–Kier alpha value is -1.72. The average Bonchev–Trinajstić information content (AvgIpc) is 2.33. The number of carbonyl (C=O) groups is 1. The monoisotopic (exact) mass is 239 g/mol. The van der Waals surface area contributed by atoms with E-state index in [-0.39, 0.29) is 11.5 Å². The standard InChI is InChI=1S/C11H14FN3O2/c1-7-9(12)10(14-6-13-7)15-4-2-3-8(5-15)11(16)17/h6,8H,2-5H2,1H3,(H,16,17). The Bertz CT molecular complexity index is 439. The first kappa shape index (κ1) is 11.8. The van der Waals surface area contributed by atoms with Crippen molar-refractivity contribution in [2.75, 3.05) is 18.0 Å². The highest BCUT2D eigenvalue weighted by Crippen LogP contribution is 2.24. The van der Waals surface area contributed by atoms with E-state index in [4.69, 9.17) is 5.11 Å². The van der Waals surface area contributed by atoms with E-state index >= 15 is 0 Å². The number of carboxylic acids is 1. The number of hydrogen-bond acceptors (Lipinski definition) is 4. The third-order valence-electron chi connectivity index (χ3n) is 3.02. The summed E-state index contributed by atoms with van der Waals surface area (Å²) in [6.45, 7) is 2.51. The smallest absolute Gasteiger partial charge is 0.308 e. The molecule has 0 bridgehead atoms. The lowest BCUT2D eigenvalue weighted by molar-refractivity contribution is -0.141. The van der Waals surface area contributed by atoms with Gasteiger partial charge in [0.1, 0.15) is 6.33 Å². The third kappa shape index (κ3) is 2.35. The van der Waals surface area contributed by atoms with Gasteiger partial charge in [-0.25, -0.2) is 14.4 Å². The summed E-state index contributed by atoms with van der Waals surface area (Å²) < 4.78 is 13.8. The molecule has 1 saturated heterocycles. The van der Waals surface area contributed by atoms with Gasteiger partial charge in [0.2, 0.25) is 0 Å². The third-order valence-corrected chi connectivity index (χ3v) is 3.02. The summed E-state index contributed by atoms with van der Waals surface area (Å²) in [5.74, 6) is -1.53. The maximum Gasteiger partial charge on any atom is 0.308 e. The van der Waals surface area contributed by atoms with Gasteiger partial charge in [0.25, 0.3) is 0 Å². The SMILES string of the molecule is Cc1ncnc(N2CCCC(C(=O)O)C2)c1F. The zero-order valence-electron chi connectivity index (χ0n) is 9.56. The molecule has 1 atom stereocenters. The van der Waals surface area contributed by atoms with E-state index in [2.05, 4.69) is 9.97 Å². The summed E-state index contributed by atoms with van der Waals surface area (Å²) in [5.41, 5.74) is 0.285. The van der Waals surface area contributed by atoms with Crippen LogP contribution in [0.1, 0.15) is 18.5 Å². The Kier molecular flexibility index (Phi) is 3.21. The fourth-order valence-electron chi connectivity index (χ4n) is 2.04. The molecule has 2 rings (SSSR count). The van der Waals surface area contributed by atoms with Crippen molar-refractivity contribution in [2.45, 2.75) is 19.8 Å². The molecule has 0 aliphatic carbocycles. The number of aryl methyl sites for hydroxylation is 1. The summed E-state index contributed by atoms with van der Waals surface area (Å²) in [5, 5.41) is 8.97. The molecule has 0 saturated carbocycles. The first-order chi connectivity index (χ1) is 8.09. The van der Waals surface area contributed by atoms with Gasteiger partial charge in [0, 0.05) is 13.1 Å². The van der Waals surface area contributed by atoms with Crippen molar-refractivity contribution in [1.82, 2.24) is 9.97 Å². The highest BCUT2D eigenvalue weighted by molar-refractivity contribution is 5.71. The van der Waals surface area contributed by atoms with E-state index in [0.29, 0.717) is 19.5 Å². The topological polar surface area (TPSA) is 66.3 Å². The van der Waals surface area contributed by atoms with Crippen LogP contribution in [0.2, 0.25) is 0 Å². The van der Waals surface area contributed by atoms with Crippen LogP contribution in [0.15, 0.2) is 6.33 Å². The van der Waals surface area contributed by atoms with Gasteiger partial charge >= 0.3 is 5.97 Å². The minimum Gasteiger partial charge on any atom is -0.481 e. The minimum absolute atomic E-state index is 0.212. The van der Waals surface area contributed by atoms with Crippen molar-refractivity contribution in [3.63, 3.8) is 0 Å². The number of hydrogen-bond donors (Lipinski definition) is 1. The van der Waals surface area contributed by atoms with Gasteiger partial charge in [-0.05, 0) is 19.8 Å². The van der Waals surface area contributed by atoms with Crippen LogP contribution in [0.3, 0.4) is 0 Å². The molecule has 1 aliphatic heterocycles. The van der Waals surface area contributed by atoms with Gasteiger partial charge in [-0.3, -0.25) is 4.79 Å². The number of nitrogens with zero attached hydrogens (tertiary/aromatic N) is 3. The zero-order valence-corrected chi connectivity index (χ0v) is 9.56. The molecule has 2 heterocycles. The van der Waals surface area contributed by atoms with Crippen molar-refractivity contribution >= 4 is 11.8 Å². The highest BCUT2D eigenvalue weighted by atomic mass is 19.1. The van der Waals surface area contributed by atoms with Gasteiger partial charge in [-0.15, -0.1) is 0 Å². The molecular formula is C11H14FN3O2. The molecule has 6 heteroatoms. The van der Waals surface area contributed by atoms with Crippen molar-refractivity contribution in [1.29, 1.82) is 0 Å². The Morgan fingerprint density at radius 1 is 1.59 bits per heavy atom. The molecule has 0 radical (unpaired) electrons. The van der Waals surface area contributed by atoms with Gasteiger partial charge < -0.3 is 10.0 Å². The summed E-state index contributed by atoms with van der Waals surface area (Å²) in [4.78, 5) is 20.3. The summed E-state index contributed by atoms with van der Waals surface area (Å²) in [7, 11) is 0. The number of aliphatic carboxylic acids is 1. The lowest BCUT2D eigenvalue weighted by Gasteiger charge is -2.31. The van der Waals surface area contributed by atoms with Gasteiger partial charge in [0.15, 0.2) is 11.6 Å². The normalized spacial score (nSPS) is 20.4. The molecule has 1 aliphatic rings. The predicted octanol–water partition coefficient (Wildman–Crippen LogP) is 1.23. The van der Waals surface area contributed by atoms with Crippen molar-refractivity contribution in [3.8, 4) is 0 Å². The first-order valence-corrected chi connectivity index (χ1v) is 5.54. The maximum absolute atomic E-state index is 13.8. The number of aromatic nitrogens is 2. The molecule has 1 aromatic rings. The molecule has 5 nitrogen and oxygen atoms in total. The summed E-state index contributed by atoms with van der Waals surface area (Å²) in [6.07, 6.45) is 2.68. The second-order valence-corrected chi connectivity index (χ2v) is 4.22. The van der Waals surface area contributed by atoms with E-state index in [1.54, 1.807) is 11.8 Å². The highest BCUT2D eigenvalue weighted by Gasteiger charge is 2.27. The van der Waals surface area contributed by atoms with Crippen LogP contribution in [0, 0.1) is 18.7 Å². The van der Waals surface area contributed by atoms with Crippen LogP contribution in [-0.2, 0) is 4.79 Å². The number of anilines is 1. The number of piperidine rings is 1. The van der Waals surface area contributed by atoms with Gasteiger partial charge in [-0.2, -0.15) is 0 Å². The lowest BCUT2D eigenvalue weighted by atomic mass is 9.98. The molecule has 92 valence electrons. The summed E-state index contributed by atoms with van der Waals surface area (Å²) in [6, 6.07) is 0. The molecule has 0 spiro atoms. The van der Waals surface area contributed by atoms with E-state index in [0.717, 1.165) is 6.42 Å². The second-order valence-electron chi connectivity index (χ2n) is 4.22. The number of carboxylic acid groups (broad SMARTS) is 1. The fourth-order valence-corrected chi connectivity index (χ4v) is 2.04. The van der Waals surface area contributed by atoms with Crippen LogP contribution in [0.5, 0.6) is 0 Å². The van der Waals surface area contributed by atoms with Crippen LogP contribution in [0.25, 0.3) is 0 Å². The van der Waals surface area contributed by atoms with Crippen molar-refractivity contribution < 1.29 is 14.3 Å². The number of rotatable bonds is 2. The Balaban J connectivity index is 2.22. The summed E-state index contributed by atoms with van der Waals surface area (Å²) >= 11 is 0. The fraction of sp³-hybridized carbons (Fsp3) is 0.545. The first-order valence-electron chi connectivity index (χ1n) is 5.54. The molecule has 1 unspecified atom stereocenters. The molecule has 1 fully saturated rings. The largest absolute Gasteiger partial charge is 0.481 e. The molecule has 17 heavy (non-hydrogen) atoms. The average molecular weight is 239 g/mol. The molecular weight excluding hydrogens is 225 g/mol. The van der Waals surface area contributed by atoms with Crippen LogP contribution in [0.4, 0.5) is 10.2 Å². The van der Waals surface area contributed by atoms with Crippen LogP contribution in [-0.4, -0.2) is 34.1 Å². The van der Waals surface area contributed by atoms with Crippen molar-refractivity contribution in [2.24, 2.45) is 5.92 Å². The Labute approximate surface area is 98.3 Å². The van der Waals surface area contributed by atoms with E-state index in [9.17, 15) is 9.18 Å². The van der Waals surface area contributed by atoms with Crippen LogP contribution >= 0.6 is 0 Å². The molecule has 0 aromatic carbocycles. The van der Waals surface area contributed by atoms with Crippen LogP contribution < -0.4 is 4.90 Å². The van der Waals surface area contributed by atoms with E-state index in [1.807, 2.05) is 0 Å². The molecule has 0 amide bonds. The quantitative estimate of drug-likeness (QED) is 0.840. The minimum atomic E-state index is -0.833. The number of halogens is 1. The van der Waals surface area contributed by atoms with Crippen molar-refractivity contribution in [3.05, 3.63) is 17.8 Å². The Morgan fingerprint density at radius 3 is 3.06 bits per heavy atom. The van der Waals surface area contributed by atoms with E-state index in [1.165, 1.54) is 6.33 Å².